The summed E-state index contributed by atoms with van der Waals surface area (Å²) in [5.41, 5.74) is 1.95. The van der Waals surface area contributed by atoms with Crippen molar-refractivity contribution in [2.45, 2.75) is 32.0 Å². The minimum absolute atomic E-state index is 0.0518. The van der Waals surface area contributed by atoms with Crippen LogP contribution in [0, 0.1) is 11.6 Å². The first kappa shape index (κ1) is 23.1. The zero-order valence-electron chi connectivity index (χ0n) is 19.3. The van der Waals surface area contributed by atoms with Crippen LogP contribution >= 0.6 is 0 Å². The number of nitrogens with zero attached hydrogens (tertiary/aromatic N) is 2. The van der Waals surface area contributed by atoms with Crippen molar-refractivity contribution in [1.82, 2.24) is 9.80 Å². The van der Waals surface area contributed by atoms with Crippen LogP contribution in [0.4, 0.5) is 19.3 Å². The predicted octanol–water partition coefficient (Wildman–Crippen LogP) is 5.39. The highest BCUT2D eigenvalue weighted by Crippen LogP contribution is 2.33. The topological polar surface area (TPSA) is 54.0 Å². The maximum absolute atomic E-state index is 14.2. The SMILES string of the molecule is O=C(Nc1cc(F)ccc1F)N(Cc1ccc2c(c1)OCO2)C1CCN(Cc2ccccc2)CC1. The molecule has 5 rings (SSSR count). The number of amides is 2. The second-order valence-corrected chi connectivity index (χ2v) is 8.86. The third kappa shape index (κ3) is 5.54. The molecule has 6 nitrogen and oxygen atoms in total. The molecule has 0 bridgehead atoms. The van der Waals surface area contributed by atoms with Crippen molar-refractivity contribution in [3.63, 3.8) is 0 Å². The Morgan fingerprint density at radius 1 is 0.943 bits per heavy atom. The summed E-state index contributed by atoms with van der Waals surface area (Å²) in [4.78, 5) is 17.4. The van der Waals surface area contributed by atoms with Crippen molar-refractivity contribution in [1.29, 1.82) is 0 Å². The maximum Gasteiger partial charge on any atom is 0.322 e. The zero-order valence-corrected chi connectivity index (χ0v) is 19.3. The van der Waals surface area contributed by atoms with Gasteiger partial charge in [-0.25, -0.2) is 13.6 Å². The van der Waals surface area contributed by atoms with Crippen LogP contribution in [0.1, 0.15) is 24.0 Å². The zero-order chi connectivity index (χ0) is 24.2. The standard InChI is InChI=1S/C27H27F2N3O3/c28-21-7-8-23(29)24(15-21)30-27(33)32(17-20-6-9-25-26(14-20)35-18-34-25)22-10-12-31(13-11-22)16-19-4-2-1-3-5-19/h1-9,14-15,22H,10-13,16-18H2,(H,30,33). The Bertz CT molecular complexity index is 1180. The van der Waals surface area contributed by atoms with Gasteiger partial charge in [0.05, 0.1) is 5.69 Å². The van der Waals surface area contributed by atoms with E-state index in [1.807, 2.05) is 36.4 Å². The van der Waals surface area contributed by atoms with Gasteiger partial charge in [0, 0.05) is 38.3 Å². The Morgan fingerprint density at radius 3 is 2.51 bits per heavy atom. The van der Waals surface area contributed by atoms with Crippen molar-refractivity contribution in [2.75, 3.05) is 25.2 Å². The molecule has 2 aliphatic rings. The first-order chi connectivity index (χ1) is 17.0. The van der Waals surface area contributed by atoms with Crippen LogP contribution in [0.25, 0.3) is 0 Å². The average Bonchev–Trinajstić information content (AvgIpc) is 3.34. The summed E-state index contributed by atoms with van der Waals surface area (Å²) < 4.78 is 38.8. The number of urea groups is 1. The fourth-order valence-corrected chi connectivity index (χ4v) is 4.61. The van der Waals surface area contributed by atoms with Gasteiger partial charge >= 0.3 is 6.03 Å². The van der Waals surface area contributed by atoms with Gasteiger partial charge < -0.3 is 19.7 Å². The highest BCUT2D eigenvalue weighted by atomic mass is 19.1. The lowest BCUT2D eigenvalue weighted by Crippen LogP contribution is -2.48. The van der Waals surface area contributed by atoms with Crippen molar-refractivity contribution in [3.05, 3.63) is 89.5 Å². The molecule has 0 aromatic heterocycles. The van der Waals surface area contributed by atoms with Crippen molar-refractivity contribution in [2.24, 2.45) is 0 Å². The number of likely N-dealkylation sites (tertiary alicyclic amines) is 1. The summed E-state index contributed by atoms with van der Waals surface area (Å²) in [6.07, 6.45) is 1.55. The number of carbonyl (C=O) groups excluding carboxylic acids is 1. The number of hydrogen-bond donors (Lipinski definition) is 1. The van der Waals surface area contributed by atoms with E-state index >= 15 is 0 Å². The molecule has 8 heteroatoms. The number of piperidine rings is 1. The highest BCUT2D eigenvalue weighted by molar-refractivity contribution is 5.89. The molecule has 0 unspecified atom stereocenters. The van der Waals surface area contributed by atoms with Gasteiger partial charge in [0.1, 0.15) is 11.6 Å². The molecule has 0 atom stereocenters. The van der Waals surface area contributed by atoms with Crippen LogP contribution in [-0.4, -0.2) is 41.8 Å². The van der Waals surface area contributed by atoms with Gasteiger partial charge in [-0.3, -0.25) is 4.90 Å². The summed E-state index contributed by atoms with van der Waals surface area (Å²) >= 11 is 0. The predicted molar refractivity (Wildman–Crippen MR) is 128 cm³/mol. The Kier molecular flexibility index (Phi) is 6.81. The Hall–Kier alpha value is -3.65. The molecule has 3 aromatic carbocycles. The second kappa shape index (κ2) is 10.3. The molecule has 182 valence electrons. The van der Waals surface area contributed by atoms with Gasteiger partial charge in [-0.1, -0.05) is 36.4 Å². The van der Waals surface area contributed by atoms with Gasteiger partial charge in [-0.05, 0) is 48.2 Å². The average molecular weight is 480 g/mol. The number of hydrogen-bond acceptors (Lipinski definition) is 4. The largest absolute Gasteiger partial charge is 0.454 e. The van der Waals surface area contributed by atoms with Crippen molar-refractivity contribution >= 4 is 11.7 Å². The fraction of sp³-hybridized carbons (Fsp3) is 0.296. The molecule has 0 spiro atoms. The summed E-state index contributed by atoms with van der Waals surface area (Å²) in [7, 11) is 0. The van der Waals surface area contributed by atoms with Crippen LogP contribution in [0.2, 0.25) is 0 Å². The van der Waals surface area contributed by atoms with E-state index in [-0.39, 0.29) is 18.5 Å². The second-order valence-electron chi connectivity index (χ2n) is 8.86. The molecule has 1 N–H and O–H groups in total. The lowest BCUT2D eigenvalue weighted by atomic mass is 10.0. The number of halogens is 2. The van der Waals surface area contributed by atoms with Crippen LogP contribution in [0.3, 0.4) is 0 Å². The first-order valence-electron chi connectivity index (χ1n) is 11.7. The number of fused-ring (bicyclic) bond motifs is 1. The number of benzene rings is 3. The molecule has 2 amide bonds. The molecule has 0 saturated carbocycles. The molecule has 0 radical (unpaired) electrons. The molecule has 3 aromatic rings. The fourth-order valence-electron chi connectivity index (χ4n) is 4.61. The minimum atomic E-state index is -0.680. The molecule has 35 heavy (non-hydrogen) atoms. The Labute approximate surface area is 203 Å². The van der Waals surface area contributed by atoms with Crippen LogP contribution in [-0.2, 0) is 13.1 Å². The summed E-state index contributed by atoms with van der Waals surface area (Å²) in [6.45, 7) is 3.00. The van der Waals surface area contributed by atoms with E-state index < -0.39 is 17.7 Å². The maximum atomic E-state index is 14.2. The number of anilines is 1. The van der Waals surface area contributed by atoms with Crippen LogP contribution in [0.5, 0.6) is 11.5 Å². The number of ether oxygens (including phenoxy) is 2. The minimum Gasteiger partial charge on any atom is -0.454 e. The van der Waals surface area contributed by atoms with E-state index in [4.69, 9.17) is 9.47 Å². The van der Waals surface area contributed by atoms with E-state index in [1.54, 1.807) is 4.90 Å². The van der Waals surface area contributed by atoms with E-state index in [9.17, 15) is 13.6 Å². The van der Waals surface area contributed by atoms with E-state index in [2.05, 4.69) is 22.3 Å². The molecular weight excluding hydrogens is 452 g/mol. The van der Waals surface area contributed by atoms with Gasteiger partial charge in [-0.2, -0.15) is 0 Å². The van der Waals surface area contributed by atoms with E-state index in [0.717, 1.165) is 56.2 Å². The third-order valence-electron chi connectivity index (χ3n) is 6.47. The molecule has 2 aliphatic heterocycles. The van der Waals surface area contributed by atoms with Crippen molar-refractivity contribution in [3.8, 4) is 11.5 Å². The lowest BCUT2D eigenvalue weighted by molar-refractivity contribution is 0.119. The number of nitrogens with one attached hydrogen (secondary N) is 1. The Balaban J connectivity index is 1.31. The monoisotopic (exact) mass is 479 g/mol. The van der Waals surface area contributed by atoms with Gasteiger partial charge in [0.25, 0.3) is 0 Å². The smallest absolute Gasteiger partial charge is 0.322 e. The van der Waals surface area contributed by atoms with E-state index in [0.29, 0.717) is 18.0 Å². The van der Waals surface area contributed by atoms with Gasteiger partial charge in [0.15, 0.2) is 11.5 Å². The quantitative estimate of drug-likeness (QED) is 0.515. The summed E-state index contributed by atoms with van der Waals surface area (Å²) in [6, 6.07) is 18.4. The summed E-state index contributed by atoms with van der Waals surface area (Å²) in [5, 5.41) is 2.57. The molecule has 1 fully saturated rings. The van der Waals surface area contributed by atoms with Crippen molar-refractivity contribution < 1.29 is 23.0 Å². The third-order valence-corrected chi connectivity index (χ3v) is 6.47. The van der Waals surface area contributed by atoms with Crippen LogP contribution in [0.15, 0.2) is 66.7 Å². The number of rotatable bonds is 6. The highest BCUT2D eigenvalue weighted by Gasteiger charge is 2.29. The number of carbonyl (C=O) groups is 1. The molecule has 0 aliphatic carbocycles. The van der Waals surface area contributed by atoms with Crippen LogP contribution < -0.4 is 14.8 Å². The van der Waals surface area contributed by atoms with E-state index in [1.165, 1.54) is 5.56 Å². The molecule has 2 heterocycles. The normalized spacial score (nSPS) is 15.7. The molecule has 1 saturated heterocycles. The lowest BCUT2D eigenvalue weighted by Gasteiger charge is -2.38. The first-order valence-corrected chi connectivity index (χ1v) is 11.7. The molecular formula is C27H27F2N3O3. The van der Waals surface area contributed by atoms with Gasteiger partial charge in [0.2, 0.25) is 6.79 Å². The Morgan fingerprint density at radius 2 is 1.71 bits per heavy atom. The summed E-state index contributed by atoms with van der Waals surface area (Å²) in [5.74, 6) is 0.0104. The van der Waals surface area contributed by atoms with Gasteiger partial charge in [-0.15, -0.1) is 0 Å².